The quantitative estimate of drug-likeness (QED) is 0.459. The molecule has 204 valence electrons. The van der Waals surface area contributed by atoms with Gasteiger partial charge in [-0.3, -0.25) is 0 Å². The van der Waals surface area contributed by atoms with Gasteiger partial charge in [-0.05, 0) is 50.3 Å². The topological polar surface area (TPSA) is 112 Å². The Labute approximate surface area is 225 Å². The van der Waals surface area contributed by atoms with E-state index in [1.807, 2.05) is 25.3 Å². The van der Waals surface area contributed by atoms with E-state index in [0.717, 1.165) is 46.7 Å². The Morgan fingerprint density at radius 3 is 2.58 bits per heavy atom. The molecule has 10 heteroatoms. The number of fused-ring (bicyclic) bond motifs is 1. The summed E-state index contributed by atoms with van der Waals surface area (Å²) in [6.07, 6.45) is 6.38. The number of nitrogens with one attached hydrogen (secondary N) is 1. The molecule has 0 spiro atoms. The summed E-state index contributed by atoms with van der Waals surface area (Å²) < 4.78 is 23.6. The standard InChI is InChI=1S/C28H38N6O3S/c1-18(2)22-6-7-24(34-16-20(19(34)3)17-38(5,36)37)23-15-30-27(32-26(22)23)31-21-8-11-29-25(14-21)33-12-9-28(4,35)10-13-33/h6-8,11,14-15,18-20,35H,9-10,12-13,16-17H2,1-5H3,(H,29,30,31,32)/t19-,20-/m1/s1. The normalized spacial score (nSPS) is 21.6. The Hall–Kier alpha value is -2.98. The predicted octanol–water partition coefficient (Wildman–Crippen LogP) is 4.11. The van der Waals surface area contributed by atoms with E-state index in [9.17, 15) is 13.5 Å². The summed E-state index contributed by atoms with van der Waals surface area (Å²) in [5.74, 6) is 2.00. The highest BCUT2D eigenvalue weighted by molar-refractivity contribution is 7.90. The molecular weight excluding hydrogens is 500 g/mol. The summed E-state index contributed by atoms with van der Waals surface area (Å²) in [6, 6.07) is 8.28. The number of hydrogen-bond donors (Lipinski definition) is 2. The number of aliphatic hydroxyl groups is 1. The molecule has 0 radical (unpaired) electrons. The largest absolute Gasteiger partial charge is 0.390 e. The lowest BCUT2D eigenvalue weighted by Gasteiger charge is -2.48. The van der Waals surface area contributed by atoms with Crippen LogP contribution in [0.25, 0.3) is 10.9 Å². The minimum Gasteiger partial charge on any atom is -0.390 e. The summed E-state index contributed by atoms with van der Waals surface area (Å²) >= 11 is 0. The van der Waals surface area contributed by atoms with Crippen LogP contribution in [0, 0.1) is 5.92 Å². The zero-order valence-corrected chi connectivity index (χ0v) is 23.7. The van der Waals surface area contributed by atoms with Gasteiger partial charge in [0, 0.05) is 73.1 Å². The lowest BCUT2D eigenvalue weighted by Crippen LogP contribution is -2.57. The van der Waals surface area contributed by atoms with Gasteiger partial charge in [-0.2, -0.15) is 0 Å². The molecule has 0 aliphatic carbocycles. The molecular formula is C28H38N6O3S. The molecule has 0 saturated carbocycles. The summed E-state index contributed by atoms with van der Waals surface area (Å²) in [6.45, 7) is 10.5. The molecule has 2 N–H and O–H groups in total. The summed E-state index contributed by atoms with van der Waals surface area (Å²) in [4.78, 5) is 18.6. The second-order valence-corrected chi connectivity index (χ2v) is 13.7. The van der Waals surface area contributed by atoms with Crippen molar-refractivity contribution in [3.8, 4) is 0 Å². The van der Waals surface area contributed by atoms with Crippen molar-refractivity contribution >= 4 is 43.9 Å². The van der Waals surface area contributed by atoms with E-state index < -0.39 is 15.4 Å². The summed E-state index contributed by atoms with van der Waals surface area (Å²) in [5.41, 5.74) is 3.34. The molecule has 2 fully saturated rings. The number of anilines is 4. The molecule has 1 aromatic carbocycles. The first-order valence-corrected chi connectivity index (χ1v) is 15.4. The maximum atomic E-state index is 11.8. The summed E-state index contributed by atoms with van der Waals surface area (Å²) in [5, 5.41) is 14.6. The molecule has 2 atom stereocenters. The van der Waals surface area contributed by atoms with Crippen molar-refractivity contribution < 1.29 is 13.5 Å². The van der Waals surface area contributed by atoms with E-state index >= 15 is 0 Å². The molecule has 0 bridgehead atoms. The van der Waals surface area contributed by atoms with Crippen LogP contribution in [-0.4, -0.2) is 71.8 Å². The van der Waals surface area contributed by atoms with Crippen molar-refractivity contribution in [2.45, 2.75) is 58.1 Å². The van der Waals surface area contributed by atoms with Crippen LogP contribution in [-0.2, 0) is 9.84 Å². The van der Waals surface area contributed by atoms with Crippen LogP contribution in [0.3, 0.4) is 0 Å². The third-order valence-electron chi connectivity index (χ3n) is 7.98. The number of hydrogen-bond acceptors (Lipinski definition) is 9. The second kappa shape index (κ2) is 9.96. The lowest BCUT2D eigenvalue weighted by atomic mass is 9.89. The zero-order chi connectivity index (χ0) is 27.2. The van der Waals surface area contributed by atoms with E-state index in [-0.39, 0.29) is 23.6 Å². The van der Waals surface area contributed by atoms with Gasteiger partial charge in [-0.15, -0.1) is 0 Å². The van der Waals surface area contributed by atoms with Gasteiger partial charge in [-0.25, -0.2) is 23.4 Å². The highest BCUT2D eigenvalue weighted by atomic mass is 32.2. The number of piperidine rings is 1. The minimum atomic E-state index is -3.01. The smallest absolute Gasteiger partial charge is 0.227 e. The average molecular weight is 539 g/mol. The second-order valence-electron chi connectivity index (χ2n) is 11.5. The molecule has 38 heavy (non-hydrogen) atoms. The monoisotopic (exact) mass is 538 g/mol. The van der Waals surface area contributed by atoms with Crippen molar-refractivity contribution in [1.82, 2.24) is 15.0 Å². The molecule has 2 aromatic heterocycles. The van der Waals surface area contributed by atoms with Gasteiger partial charge in [0.2, 0.25) is 5.95 Å². The van der Waals surface area contributed by atoms with Crippen molar-refractivity contribution in [3.63, 3.8) is 0 Å². The number of sulfone groups is 1. The predicted molar refractivity (Wildman–Crippen MR) is 153 cm³/mol. The minimum absolute atomic E-state index is 0.124. The van der Waals surface area contributed by atoms with E-state index in [2.05, 4.69) is 58.0 Å². The number of pyridine rings is 1. The molecule has 0 unspecified atom stereocenters. The highest BCUT2D eigenvalue weighted by Crippen LogP contribution is 2.38. The van der Waals surface area contributed by atoms with Crippen LogP contribution >= 0.6 is 0 Å². The fraction of sp³-hybridized carbons (Fsp3) is 0.536. The first-order chi connectivity index (χ1) is 17.9. The average Bonchev–Trinajstić information content (AvgIpc) is 2.85. The zero-order valence-electron chi connectivity index (χ0n) is 22.8. The highest BCUT2D eigenvalue weighted by Gasteiger charge is 2.38. The van der Waals surface area contributed by atoms with Crippen molar-refractivity contribution in [3.05, 3.63) is 42.2 Å². The van der Waals surface area contributed by atoms with Crippen LogP contribution in [0.15, 0.2) is 36.7 Å². The van der Waals surface area contributed by atoms with E-state index in [1.54, 1.807) is 6.20 Å². The van der Waals surface area contributed by atoms with E-state index in [4.69, 9.17) is 4.98 Å². The Morgan fingerprint density at radius 1 is 1.18 bits per heavy atom. The molecule has 2 aliphatic heterocycles. The van der Waals surface area contributed by atoms with E-state index in [1.165, 1.54) is 6.26 Å². The molecule has 9 nitrogen and oxygen atoms in total. The lowest BCUT2D eigenvalue weighted by molar-refractivity contribution is 0.0350. The SMILES string of the molecule is CC(C)c1ccc(N2C[C@H](CS(C)(=O)=O)[C@H]2C)c2cnc(Nc3ccnc(N4CCC(C)(O)CC4)c3)nc12. The molecule has 5 rings (SSSR count). The number of rotatable bonds is 7. The molecule has 3 aromatic rings. The fourth-order valence-corrected chi connectivity index (χ4v) is 6.67. The third kappa shape index (κ3) is 5.56. The molecule has 4 heterocycles. The Bertz CT molecular complexity index is 1430. The maximum Gasteiger partial charge on any atom is 0.227 e. The molecule has 2 saturated heterocycles. The molecule has 0 amide bonds. The van der Waals surface area contributed by atoms with Crippen LogP contribution in [0.4, 0.5) is 23.1 Å². The maximum absolute atomic E-state index is 11.8. The van der Waals surface area contributed by atoms with Crippen molar-refractivity contribution in [2.24, 2.45) is 5.92 Å². The summed E-state index contributed by atoms with van der Waals surface area (Å²) in [7, 11) is -3.01. The number of benzene rings is 1. The van der Waals surface area contributed by atoms with Gasteiger partial charge in [0.05, 0.1) is 16.9 Å². The number of nitrogens with zero attached hydrogens (tertiary/aromatic N) is 5. The Morgan fingerprint density at radius 2 is 1.92 bits per heavy atom. The van der Waals surface area contributed by atoms with Gasteiger partial charge >= 0.3 is 0 Å². The Kier molecular flexibility index (Phi) is 6.98. The van der Waals surface area contributed by atoms with Crippen LogP contribution in [0.1, 0.15) is 52.0 Å². The first-order valence-electron chi connectivity index (χ1n) is 13.3. The van der Waals surface area contributed by atoms with Gasteiger partial charge in [-0.1, -0.05) is 19.9 Å². The fourth-order valence-electron chi connectivity index (χ4n) is 5.51. The van der Waals surface area contributed by atoms with Gasteiger partial charge in [0.15, 0.2) is 0 Å². The number of aromatic nitrogens is 3. The van der Waals surface area contributed by atoms with Gasteiger partial charge in [0.1, 0.15) is 15.7 Å². The van der Waals surface area contributed by atoms with Gasteiger partial charge < -0.3 is 20.2 Å². The third-order valence-corrected chi connectivity index (χ3v) is 9.01. The van der Waals surface area contributed by atoms with Crippen molar-refractivity contribution in [1.29, 1.82) is 0 Å². The first kappa shape index (κ1) is 26.6. The Balaban J connectivity index is 1.40. The van der Waals surface area contributed by atoms with Crippen LogP contribution in [0.5, 0.6) is 0 Å². The molecule has 2 aliphatic rings. The van der Waals surface area contributed by atoms with Crippen LogP contribution < -0.4 is 15.1 Å². The van der Waals surface area contributed by atoms with Crippen molar-refractivity contribution in [2.75, 3.05) is 46.8 Å². The van der Waals surface area contributed by atoms with Gasteiger partial charge in [0.25, 0.3) is 0 Å². The van der Waals surface area contributed by atoms with E-state index in [0.29, 0.717) is 25.3 Å². The van der Waals surface area contributed by atoms with Crippen LogP contribution in [0.2, 0.25) is 0 Å².